The van der Waals surface area contributed by atoms with E-state index in [1.54, 1.807) is 52.1 Å². The molecule has 0 radical (unpaired) electrons. The molecule has 1 saturated heterocycles. The lowest BCUT2D eigenvalue weighted by Gasteiger charge is -2.35. The molecule has 1 aliphatic rings. The lowest BCUT2D eigenvalue weighted by Crippen LogP contribution is -2.61. The molecule has 1 fully saturated rings. The summed E-state index contributed by atoms with van der Waals surface area (Å²) in [5, 5.41) is 11.8. The number of benzene rings is 1. The van der Waals surface area contributed by atoms with Gasteiger partial charge in [0.2, 0.25) is 11.8 Å². The fourth-order valence-corrected chi connectivity index (χ4v) is 5.09. The number of carbonyl (C=O) groups is 4. The van der Waals surface area contributed by atoms with Gasteiger partial charge < -0.3 is 20.7 Å². The van der Waals surface area contributed by atoms with Gasteiger partial charge in [-0.05, 0) is 82.2 Å². The minimum Gasteiger partial charge on any atom is -0.377 e. The number of hydrogen-bond acceptors (Lipinski definition) is 7. The van der Waals surface area contributed by atoms with Crippen LogP contribution in [0.15, 0.2) is 60.5 Å². The Labute approximate surface area is 265 Å². The van der Waals surface area contributed by atoms with Crippen LogP contribution in [0.3, 0.4) is 0 Å². The Balaban J connectivity index is 1.60. The van der Waals surface area contributed by atoms with Crippen molar-refractivity contribution in [3.05, 3.63) is 71.7 Å². The molecule has 1 aliphatic heterocycles. The number of hydrazine groups is 1. The molecule has 3 rings (SSSR count). The molecule has 0 saturated carbocycles. The second kappa shape index (κ2) is 16.1. The Morgan fingerprint density at radius 1 is 1.11 bits per heavy atom. The number of nitrogens with zero attached hydrogens (tertiary/aromatic N) is 2. The van der Waals surface area contributed by atoms with Gasteiger partial charge in [-0.25, -0.2) is 5.43 Å². The van der Waals surface area contributed by atoms with Gasteiger partial charge in [0.25, 0.3) is 11.8 Å². The highest BCUT2D eigenvalue weighted by atomic mass is 16.5. The van der Waals surface area contributed by atoms with Crippen molar-refractivity contribution in [1.82, 2.24) is 31.4 Å². The van der Waals surface area contributed by atoms with Gasteiger partial charge >= 0.3 is 0 Å². The van der Waals surface area contributed by atoms with E-state index in [-0.39, 0.29) is 23.6 Å². The van der Waals surface area contributed by atoms with Gasteiger partial charge in [0.15, 0.2) is 0 Å². The minimum atomic E-state index is -0.920. The van der Waals surface area contributed by atoms with Crippen LogP contribution >= 0.6 is 0 Å². The number of carbonyl (C=O) groups excluding carboxylic acids is 4. The number of amides is 4. The third-order valence-electron chi connectivity index (χ3n) is 7.86. The summed E-state index contributed by atoms with van der Waals surface area (Å²) in [6.07, 6.45) is 7.76. The van der Waals surface area contributed by atoms with Gasteiger partial charge in [0, 0.05) is 25.2 Å². The first kappa shape index (κ1) is 35.1. The van der Waals surface area contributed by atoms with Crippen molar-refractivity contribution < 1.29 is 23.9 Å². The maximum Gasteiger partial charge on any atom is 0.268 e. The fourth-order valence-electron chi connectivity index (χ4n) is 5.09. The van der Waals surface area contributed by atoms with E-state index in [1.165, 1.54) is 12.1 Å². The van der Waals surface area contributed by atoms with Crippen molar-refractivity contribution >= 4 is 40.5 Å². The predicted octanol–water partition coefficient (Wildman–Crippen LogP) is 3.69. The minimum absolute atomic E-state index is 0.0744. The van der Waals surface area contributed by atoms with E-state index in [1.807, 2.05) is 38.1 Å². The van der Waals surface area contributed by atoms with E-state index in [2.05, 4.69) is 32.9 Å². The molecule has 242 valence electrons. The summed E-state index contributed by atoms with van der Waals surface area (Å²) in [4.78, 5) is 56.9. The van der Waals surface area contributed by atoms with Crippen molar-refractivity contribution in [2.45, 2.75) is 78.6 Å². The highest BCUT2D eigenvalue weighted by Gasteiger charge is 2.32. The summed E-state index contributed by atoms with van der Waals surface area (Å²) in [6.45, 7) is 14.6. The predicted molar refractivity (Wildman–Crippen MR) is 175 cm³/mol. The van der Waals surface area contributed by atoms with E-state index in [4.69, 9.17) is 4.74 Å². The molecule has 0 aliphatic carbocycles. The largest absolute Gasteiger partial charge is 0.377 e. The summed E-state index contributed by atoms with van der Waals surface area (Å²) in [7, 11) is 1.52. The van der Waals surface area contributed by atoms with Gasteiger partial charge in [-0.2, -0.15) is 0 Å². The fraction of sp³-hybridized carbons (Fsp3) is 0.441. The smallest absolute Gasteiger partial charge is 0.268 e. The first-order valence-corrected chi connectivity index (χ1v) is 15.2. The van der Waals surface area contributed by atoms with Crippen LogP contribution in [0.2, 0.25) is 0 Å². The molecular formula is C34H46N6O5. The van der Waals surface area contributed by atoms with Crippen LogP contribution in [0.1, 0.15) is 71.7 Å². The number of allylic oxidation sites excluding steroid dienone is 2. The van der Waals surface area contributed by atoms with Crippen LogP contribution in [0.4, 0.5) is 0 Å². The lowest BCUT2D eigenvalue weighted by molar-refractivity contribution is -0.142. The van der Waals surface area contributed by atoms with E-state index >= 15 is 0 Å². The molecule has 0 spiro atoms. The maximum absolute atomic E-state index is 13.3. The molecule has 11 nitrogen and oxygen atoms in total. The van der Waals surface area contributed by atoms with Gasteiger partial charge in [-0.15, -0.1) is 0 Å². The SMILES string of the molecule is C=Cc1cc2cc([C@@H](C)NC(=O)[C@@H]3CCCN(C(=O)[C@H](C)NC(=O)C(NC(=O)[C@H](C)[C@@H](/C=C/C)OC)=C(C)C)N3)ccc2cn1. The number of fused-ring (bicyclic) bond motifs is 1. The normalized spacial score (nSPS) is 17.6. The standard InChI is InChI=1S/C34H46N6O5/c1-9-12-29(45-8)21(5)31(41)38-30(20(3)4)33(43)37-23(7)34(44)40-16-11-13-28(39-40)32(42)36-22(6)24-14-15-25-19-35-27(10-2)18-26(25)17-24/h9-10,12,14-15,17-19,21-23,28-29,39H,2,11,13,16H2,1,3-8H3,(H,36,42)(H,37,43)(H,38,41)/b12-9+/t21-,22-,23+,28+,29-/m1/s1. The highest BCUT2D eigenvalue weighted by molar-refractivity contribution is 6.00. The van der Waals surface area contributed by atoms with Gasteiger partial charge in [0.05, 0.1) is 23.8 Å². The molecule has 1 aromatic carbocycles. The second-order valence-corrected chi connectivity index (χ2v) is 11.5. The van der Waals surface area contributed by atoms with Crippen LogP contribution < -0.4 is 21.4 Å². The number of rotatable bonds is 12. The number of aromatic nitrogens is 1. The van der Waals surface area contributed by atoms with Crippen molar-refractivity contribution in [2.24, 2.45) is 5.92 Å². The zero-order valence-electron chi connectivity index (χ0n) is 27.3. The van der Waals surface area contributed by atoms with Gasteiger partial charge in [-0.3, -0.25) is 29.2 Å². The zero-order valence-corrected chi connectivity index (χ0v) is 27.3. The van der Waals surface area contributed by atoms with Crippen molar-refractivity contribution in [3.8, 4) is 0 Å². The Morgan fingerprint density at radius 3 is 2.49 bits per heavy atom. The maximum atomic E-state index is 13.3. The third kappa shape index (κ3) is 9.09. The van der Waals surface area contributed by atoms with Crippen molar-refractivity contribution in [2.75, 3.05) is 13.7 Å². The molecule has 0 bridgehead atoms. The molecule has 2 heterocycles. The Hall–Kier alpha value is -4.35. The molecule has 5 atom stereocenters. The molecule has 1 aromatic heterocycles. The third-order valence-corrected chi connectivity index (χ3v) is 7.86. The van der Waals surface area contributed by atoms with Gasteiger partial charge in [0.1, 0.15) is 17.8 Å². The summed E-state index contributed by atoms with van der Waals surface area (Å²) in [6, 6.07) is 6.08. The van der Waals surface area contributed by atoms with Crippen LogP contribution in [-0.2, 0) is 23.9 Å². The Kier molecular flexibility index (Phi) is 12.6. The van der Waals surface area contributed by atoms with E-state index in [0.717, 1.165) is 22.0 Å². The van der Waals surface area contributed by atoms with E-state index in [0.29, 0.717) is 25.0 Å². The van der Waals surface area contributed by atoms with Crippen molar-refractivity contribution in [3.63, 3.8) is 0 Å². The lowest BCUT2D eigenvalue weighted by atomic mass is 10.0. The number of ether oxygens (including phenoxy) is 1. The first-order chi connectivity index (χ1) is 21.4. The monoisotopic (exact) mass is 618 g/mol. The van der Waals surface area contributed by atoms with E-state index in [9.17, 15) is 19.2 Å². The summed E-state index contributed by atoms with van der Waals surface area (Å²) < 4.78 is 5.38. The molecule has 0 unspecified atom stereocenters. The van der Waals surface area contributed by atoms with Crippen molar-refractivity contribution in [1.29, 1.82) is 0 Å². The molecule has 4 N–H and O–H groups in total. The van der Waals surface area contributed by atoms with Crippen LogP contribution in [-0.4, -0.2) is 65.5 Å². The number of methoxy groups -OCH3 is 1. The molecular weight excluding hydrogens is 572 g/mol. The average molecular weight is 619 g/mol. The molecule has 4 amide bonds. The summed E-state index contributed by atoms with van der Waals surface area (Å²) in [5.41, 5.74) is 5.41. The van der Waals surface area contributed by atoms with E-state index < -0.39 is 35.9 Å². The number of nitrogens with one attached hydrogen (secondary N) is 4. The summed E-state index contributed by atoms with van der Waals surface area (Å²) >= 11 is 0. The highest BCUT2D eigenvalue weighted by Crippen LogP contribution is 2.22. The second-order valence-electron chi connectivity index (χ2n) is 11.5. The first-order valence-electron chi connectivity index (χ1n) is 15.2. The number of pyridine rings is 1. The Bertz CT molecular complexity index is 1480. The summed E-state index contributed by atoms with van der Waals surface area (Å²) in [5.74, 6) is -2.14. The number of hydrogen-bond donors (Lipinski definition) is 4. The van der Waals surface area contributed by atoms with Crippen LogP contribution in [0.5, 0.6) is 0 Å². The zero-order chi connectivity index (χ0) is 33.3. The molecule has 45 heavy (non-hydrogen) atoms. The average Bonchev–Trinajstić information content (AvgIpc) is 3.04. The Morgan fingerprint density at radius 2 is 1.84 bits per heavy atom. The molecule has 2 aromatic rings. The quantitative estimate of drug-likeness (QED) is 0.210. The topological polar surface area (TPSA) is 142 Å². The molecule has 11 heteroatoms. The van der Waals surface area contributed by atoms with Crippen LogP contribution in [0, 0.1) is 5.92 Å². The van der Waals surface area contributed by atoms with Gasteiger partial charge in [-0.1, -0.05) is 37.8 Å². The van der Waals surface area contributed by atoms with Crippen LogP contribution in [0.25, 0.3) is 16.8 Å².